The first kappa shape index (κ1) is 8.05. The van der Waals surface area contributed by atoms with Gasteiger partial charge < -0.3 is 4.57 Å². The van der Waals surface area contributed by atoms with Gasteiger partial charge in [-0.2, -0.15) is 0 Å². The van der Waals surface area contributed by atoms with Crippen molar-refractivity contribution in [3.8, 4) is 10.7 Å². The average Bonchev–Trinajstić information content (AvgIpc) is 2.78. The highest BCUT2D eigenvalue weighted by atomic mass is 32.1. The van der Waals surface area contributed by atoms with E-state index < -0.39 is 0 Å². The maximum Gasteiger partial charge on any atom is 0.177 e. The van der Waals surface area contributed by atoms with Crippen LogP contribution < -0.4 is 0 Å². The average molecular weight is 207 g/mol. The quantitative estimate of drug-likeness (QED) is 0.701. The second kappa shape index (κ2) is 2.84. The molecule has 1 aliphatic heterocycles. The lowest BCUT2D eigenvalue weighted by atomic mass is 10.4. The van der Waals surface area contributed by atoms with Crippen molar-refractivity contribution in [2.24, 2.45) is 0 Å². The predicted octanol–water partition coefficient (Wildman–Crippen LogP) is 1.05. The highest BCUT2D eigenvalue weighted by Gasteiger charge is 2.20. The third-order valence-corrected chi connectivity index (χ3v) is 3.29. The van der Waals surface area contributed by atoms with Crippen LogP contribution in [0.2, 0.25) is 0 Å². The Morgan fingerprint density at radius 3 is 3.00 bits per heavy atom. The molecule has 14 heavy (non-hydrogen) atoms. The topological polar surface area (TPSA) is 56.5 Å². The van der Waals surface area contributed by atoms with E-state index in [2.05, 4.69) is 24.4 Å². The Morgan fingerprint density at radius 1 is 1.29 bits per heavy atom. The lowest BCUT2D eigenvalue weighted by Crippen LogP contribution is -1.95. The predicted molar refractivity (Wildman–Crippen MR) is 52.0 cm³/mol. The van der Waals surface area contributed by atoms with Crippen molar-refractivity contribution in [3.05, 3.63) is 11.5 Å². The van der Waals surface area contributed by atoms with Crippen molar-refractivity contribution in [2.45, 2.75) is 26.3 Å². The maximum absolute atomic E-state index is 4.18. The zero-order valence-corrected chi connectivity index (χ0v) is 8.58. The molecule has 3 heterocycles. The van der Waals surface area contributed by atoms with Crippen LogP contribution in [0.4, 0.5) is 0 Å². The zero-order valence-electron chi connectivity index (χ0n) is 7.77. The largest absolute Gasteiger partial charge is 0.310 e. The molecule has 2 aromatic heterocycles. The molecular formula is C8H9N5S. The van der Waals surface area contributed by atoms with E-state index in [1.807, 2.05) is 6.92 Å². The van der Waals surface area contributed by atoms with E-state index >= 15 is 0 Å². The molecule has 1 aliphatic rings. The molecule has 0 aromatic carbocycles. The third kappa shape index (κ3) is 1.00. The fraction of sp³-hybridized carbons (Fsp3) is 0.500. The summed E-state index contributed by atoms with van der Waals surface area (Å²) in [5, 5.41) is 12.3. The van der Waals surface area contributed by atoms with Crippen molar-refractivity contribution in [1.29, 1.82) is 0 Å². The second-order valence-electron chi connectivity index (χ2n) is 3.38. The lowest BCUT2D eigenvalue weighted by Gasteiger charge is -1.98. The number of rotatable bonds is 1. The molecule has 0 saturated carbocycles. The van der Waals surface area contributed by atoms with Crippen LogP contribution in [-0.2, 0) is 13.0 Å². The summed E-state index contributed by atoms with van der Waals surface area (Å²) in [7, 11) is 0. The van der Waals surface area contributed by atoms with Crippen molar-refractivity contribution in [3.63, 3.8) is 0 Å². The van der Waals surface area contributed by atoms with Crippen LogP contribution in [0, 0.1) is 6.92 Å². The Morgan fingerprint density at radius 2 is 2.21 bits per heavy atom. The van der Waals surface area contributed by atoms with E-state index in [-0.39, 0.29) is 0 Å². The monoisotopic (exact) mass is 207 g/mol. The van der Waals surface area contributed by atoms with E-state index in [0.717, 1.165) is 35.2 Å². The Balaban J connectivity index is 2.17. The SMILES string of the molecule is Cc1nnsc1-c1nnc2n1CCC2. The highest BCUT2D eigenvalue weighted by Crippen LogP contribution is 2.27. The van der Waals surface area contributed by atoms with Gasteiger partial charge in [-0.25, -0.2) is 0 Å². The number of aryl methyl sites for hydroxylation is 2. The van der Waals surface area contributed by atoms with Gasteiger partial charge in [-0.1, -0.05) is 4.49 Å². The Hall–Kier alpha value is -1.30. The van der Waals surface area contributed by atoms with Gasteiger partial charge in [0.1, 0.15) is 10.7 Å². The van der Waals surface area contributed by atoms with Gasteiger partial charge in [0.05, 0.1) is 5.69 Å². The number of nitrogens with zero attached hydrogens (tertiary/aromatic N) is 5. The Kier molecular flexibility index (Phi) is 1.63. The van der Waals surface area contributed by atoms with Crippen molar-refractivity contribution in [1.82, 2.24) is 24.4 Å². The van der Waals surface area contributed by atoms with Gasteiger partial charge in [-0.05, 0) is 24.9 Å². The molecule has 72 valence electrons. The summed E-state index contributed by atoms with van der Waals surface area (Å²) < 4.78 is 6.08. The van der Waals surface area contributed by atoms with E-state index in [4.69, 9.17) is 0 Å². The molecule has 0 aliphatic carbocycles. The van der Waals surface area contributed by atoms with Crippen LogP contribution in [-0.4, -0.2) is 24.4 Å². The minimum Gasteiger partial charge on any atom is -0.310 e. The van der Waals surface area contributed by atoms with E-state index in [0.29, 0.717) is 0 Å². The van der Waals surface area contributed by atoms with Gasteiger partial charge in [-0.3, -0.25) is 0 Å². The molecule has 0 bridgehead atoms. The summed E-state index contributed by atoms with van der Waals surface area (Å²) in [6.45, 7) is 2.98. The minimum atomic E-state index is 0.935. The van der Waals surface area contributed by atoms with Crippen LogP contribution in [0.1, 0.15) is 17.9 Å². The summed E-state index contributed by atoms with van der Waals surface area (Å²) in [6.07, 6.45) is 2.21. The smallest absolute Gasteiger partial charge is 0.177 e. The van der Waals surface area contributed by atoms with Gasteiger partial charge in [0, 0.05) is 13.0 Å². The first-order chi connectivity index (χ1) is 6.86. The fourth-order valence-corrected chi connectivity index (χ4v) is 2.41. The molecule has 0 amide bonds. The van der Waals surface area contributed by atoms with Gasteiger partial charge in [0.2, 0.25) is 0 Å². The van der Waals surface area contributed by atoms with E-state index in [1.165, 1.54) is 18.0 Å². The summed E-state index contributed by atoms with van der Waals surface area (Å²) >= 11 is 1.39. The zero-order chi connectivity index (χ0) is 9.54. The van der Waals surface area contributed by atoms with Gasteiger partial charge in [-0.15, -0.1) is 15.3 Å². The van der Waals surface area contributed by atoms with Crippen molar-refractivity contribution < 1.29 is 0 Å². The first-order valence-corrected chi connectivity index (χ1v) is 5.35. The number of hydrogen-bond acceptors (Lipinski definition) is 5. The molecule has 3 rings (SSSR count). The molecule has 0 saturated heterocycles. The normalized spacial score (nSPS) is 14.6. The third-order valence-electron chi connectivity index (χ3n) is 2.46. The first-order valence-electron chi connectivity index (χ1n) is 4.57. The summed E-state index contributed by atoms with van der Waals surface area (Å²) in [5.41, 5.74) is 0.942. The maximum atomic E-state index is 4.18. The standard InChI is InChI=1S/C8H9N5S/c1-5-7(14-12-9-5)8-11-10-6-3-2-4-13(6)8/h2-4H2,1H3. The van der Waals surface area contributed by atoms with Crippen LogP contribution in [0.5, 0.6) is 0 Å². The van der Waals surface area contributed by atoms with Gasteiger partial charge in [0.15, 0.2) is 5.82 Å². The molecule has 0 spiro atoms. The summed E-state index contributed by atoms with van der Waals surface area (Å²) in [4.78, 5) is 1.05. The van der Waals surface area contributed by atoms with E-state index in [1.54, 1.807) is 0 Å². The molecule has 5 nitrogen and oxygen atoms in total. The molecule has 0 unspecified atom stereocenters. The molecular weight excluding hydrogens is 198 g/mol. The van der Waals surface area contributed by atoms with E-state index in [9.17, 15) is 0 Å². The molecule has 0 atom stereocenters. The van der Waals surface area contributed by atoms with Crippen molar-refractivity contribution >= 4 is 11.5 Å². The molecule has 0 N–H and O–H groups in total. The van der Waals surface area contributed by atoms with Crippen LogP contribution >= 0.6 is 11.5 Å². The summed E-state index contributed by atoms with van der Waals surface area (Å²) in [5.74, 6) is 2.03. The Labute approximate surface area is 85.0 Å². The molecule has 0 radical (unpaired) electrons. The summed E-state index contributed by atoms with van der Waals surface area (Å²) in [6, 6.07) is 0. The van der Waals surface area contributed by atoms with Gasteiger partial charge >= 0.3 is 0 Å². The fourth-order valence-electron chi connectivity index (χ4n) is 1.76. The van der Waals surface area contributed by atoms with Crippen LogP contribution in [0.25, 0.3) is 10.7 Å². The molecule has 2 aromatic rings. The lowest BCUT2D eigenvalue weighted by molar-refractivity contribution is 0.749. The minimum absolute atomic E-state index is 0.935. The second-order valence-corrected chi connectivity index (χ2v) is 4.14. The number of aromatic nitrogens is 5. The highest BCUT2D eigenvalue weighted by molar-refractivity contribution is 7.09. The van der Waals surface area contributed by atoms with Crippen LogP contribution in [0.3, 0.4) is 0 Å². The Bertz CT molecular complexity index is 472. The van der Waals surface area contributed by atoms with Gasteiger partial charge in [0.25, 0.3) is 0 Å². The molecule has 0 fully saturated rings. The number of hydrogen-bond donors (Lipinski definition) is 0. The van der Waals surface area contributed by atoms with Crippen LogP contribution in [0.15, 0.2) is 0 Å². The van der Waals surface area contributed by atoms with Crippen molar-refractivity contribution in [2.75, 3.05) is 0 Å². The number of fused-ring (bicyclic) bond motifs is 1. The molecule has 6 heteroatoms.